The molecule has 0 aliphatic carbocycles. The molecule has 0 unspecified atom stereocenters. The third-order valence-electron chi connectivity index (χ3n) is 6.99. The van der Waals surface area contributed by atoms with E-state index in [0.29, 0.717) is 30.3 Å². The molecule has 3 heterocycles. The fourth-order valence-electron chi connectivity index (χ4n) is 4.88. The van der Waals surface area contributed by atoms with E-state index in [9.17, 15) is 14.3 Å². The average Bonchev–Trinajstić information content (AvgIpc) is 3.27. The van der Waals surface area contributed by atoms with Crippen LogP contribution >= 0.6 is 24.0 Å². The van der Waals surface area contributed by atoms with Crippen LogP contribution in [0, 0.1) is 5.82 Å². The molecule has 0 saturated carbocycles. The Morgan fingerprint density at radius 3 is 2.67 bits per heavy atom. The van der Waals surface area contributed by atoms with Crippen LogP contribution in [0.1, 0.15) is 46.2 Å². The number of imidazole rings is 1. The van der Waals surface area contributed by atoms with E-state index in [0.717, 1.165) is 48.5 Å². The first kappa shape index (κ1) is 29.7. The summed E-state index contributed by atoms with van der Waals surface area (Å²) in [5.41, 5.74) is 3.10. The molecule has 12 heteroatoms. The minimum Gasteiger partial charge on any atom is -0.478 e. The molecule has 212 valence electrons. The number of carboxylic acid groups (broad SMARTS) is 1. The second-order valence-corrected chi connectivity index (χ2v) is 9.96. The molecule has 0 bridgehead atoms. The van der Waals surface area contributed by atoms with Crippen LogP contribution in [0.15, 0.2) is 48.7 Å². The average molecular weight is 590 g/mol. The molecule has 0 atom stereocenters. The van der Waals surface area contributed by atoms with Gasteiger partial charge in [-0.2, -0.15) is 4.98 Å². The minimum absolute atomic E-state index is 0. The van der Waals surface area contributed by atoms with Crippen molar-refractivity contribution in [1.82, 2.24) is 24.4 Å². The van der Waals surface area contributed by atoms with E-state index in [-0.39, 0.29) is 36.5 Å². The Balaban J connectivity index is 0.00000370. The highest BCUT2D eigenvalue weighted by atomic mass is 35.5. The minimum atomic E-state index is -0.963. The summed E-state index contributed by atoms with van der Waals surface area (Å²) in [6.07, 6.45) is 3.49. The Hall–Kier alpha value is -3.31. The molecule has 40 heavy (non-hydrogen) atoms. The van der Waals surface area contributed by atoms with Gasteiger partial charge in [0.2, 0.25) is 0 Å². The summed E-state index contributed by atoms with van der Waals surface area (Å²) in [5.74, 6) is -0.251. The van der Waals surface area contributed by atoms with Crippen LogP contribution in [0.5, 0.6) is 6.01 Å². The molecule has 1 aliphatic rings. The highest BCUT2D eigenvalue weighted by Crippen LogP contribution is 2.29. The second-order valence-electron chi connectivity index (χ2n) is 9.52. The number of rotatable bonds is 10. The van der Waals surface area contributed by atoms with Gasteiger partial charge in [-0.3, -0.25) is 4.90 Å². The third kappa shape index (κ3) is 6.87. The maximum Gasteiger partial charge on any atom is 0.335 e. The first-order valence-electron chi connectivity index (χ1n) is 12.7. The van der Waals surface area contributed by atoms with E-state index in [2.05, 4.69) is 19.4 Å². The van der Waals surface area contributed by atoms with Crippen molar-refractivity contribution in [3.05, 3.63) is 82.1 Å². The van der Waals surface area contributed by atoms with Gasteiger partial charge in [0.05, 0.1) is 35.4 Å². The number of hydrogen-bond donors (Lipinski definition) is 1. The van der Waals surface area contributed by atoms with Gasteiger partial charge in [0.25, 0.3) is 0 Å². The first-order valence-corrected chi connectivity index (χ1v) is 13.1. The number of methoxy groups -OCH3 is 1. The summed E-state index contributed by atoms with van der Waals surface area (Å²) in [6.45, 7) is 3.47. The van der Waals surface area contributed by atoms with Crippen LogP contribution in [0.3, 0.4) is 0 Å². The number of halogens is 3. The van der Waals surface area contributed by atoms with Crippen LogP contribution in [-0.4, -0.2) is 62.3 Å². The first-order chi connectivity index (χ1) is 18.9. The van der Waals surface area contributed by atoms with Gasteiger partial charge >= 0.3 is 12.0 Å². The van der Waals surface area contributed by atoms with Gasteiger partial charge < -0.3 is 19.1 Å². The van der Waals surface area contributed by atoms with Crippen molar-refractivity contribution in [2.24, 2.45) is 0 Å². The molecule has 1 aliphatic heterocycles. The summed E-state index contributed by atoms with van der Waals surface area (Å²) in [5, 5.41) is 9.75. The van der Waals surface area contributed by atoms with Gasteiger partial charge in [0.1, 0.15) is 18.2 Å². The van der Waals surface area contributed by atoms with E-state index in [1.807, 2.05) is 6.07 Å². The molecule has 1 fully saturated rings. The number of hydrogen-bond acceptors (Lipinski definition) is 7. The molecule has 1 N–H and O–H groups in total. The smallest absolute Gasteiger partial charge is 0.335 e. The Morgan fingerprint density at radius 1 is 1.15 bits per heavy atom. The van der Waals surface area contributed by atoms with Gasteiger partial charge in [0.15, 0.2) is 0 Å². The third-order valence-corrected chi connectivity index (χ3v) is 7.23. The van der Waals surface area contributed by atoms with Crippen molar-refractivity contribution in [1.29, 1.82) is 0 Å². The number of nitrogens with zero attached hydrogens (tertiary/aromatic N) is 5. The number of carboxylic acids is 1. The summed E-state index contributed by atoms with van der Waals surface area (Å²) in [6, 6.07) is 11.6. The van der Waals surface area contributed by atoms with Crippen LogP contribution in [0.4, 0.5) is 4.39 Å². The van der Waals surface area contributed by atoms with Gasteiger partial charge in [-0.25, -0.2) is 19.2 Å². The Kier molecular flexibility index (Phi) is 9.91. The number of benzene rings is 2. The van der Waals surface area contributed by atoms with Gasteiger partial charge in [-0.05, 0) is 62.3 Å². The normalized spacial score (nSPS) is 14.3. The highest BCUT2D eigenvalue weighted by Gasteiger charge is 2.24. The summed E-state index contributed by atoms with van der Waals surface area (Å²) in [4.78, 5) is 27.4. The molecule has 2 aromatic heterocycles. The predicted octanol–water partition coefficient (Wildman–Crippen LogP) is 5.34. The summed E-state index contributed by atoms with van der Waals surface area (Å²) >= 11 is 5.82. The number of ether oxygens (including phenoxy) is 2. The SMILES string of the molecule is COCCn1c(CN2CCC(c3ccnc(OCc4ccc(Cl)cc4F)n3)CC2)nc2ccc(C(=O)O)cc21.Cl. The van der Waals surface area contributed by atoms with Crippen molar-refractivity contribution in [2.45, 2.75) is 38.5 Å². The van der Waals surface area contributed by atoms with E-state index >= 15 is 0 Å². The molecule has 0 amide bonds. The fraction of sp³-hybridized carbons (Fsp3) is 0.357. The van der Waals surface area contributed by atoms with Crippen LogP contribution in [-0.2, 0) is 24.4 Å². The van der Waals surface area contributed by atoms with E-state index in [1.54, 1.807) is 43.6 Å². The standard InChI is InChI=1S/C28H29ClFN5O4.ClH/c1-38-13-12-35-25-14-19(27(36)37)3-5-24(25)32-26(35)16-34-10-7-18(8-11-34)23-6-9-31-28(33-23)39-17-20-2-4-21(29)15-22(20)30;/h2-6,9,14-15,18H,7-8,10-13,16-17H2,1H3,(H,36,37);1H. The van der Waals surface area contributed by atoms with E-state index < -0.39 is 11.8 Å². The quantitative estimate of drug-likeness (QED) is 0.264. The highest BCUT2D eigenvalue weighted by molar-refractivity contribution is 6.30. The van der Waals surface area contributed by atoms with E-state index in [4.69, 9.17) is 26.1 Å². The van der Waals surface area contributed by atoms with E-state index in [1.165, 1.54) is 6.07 Å². The molecular weight excluding hydrogens is 560 g/mol. The van der Waals surface area contributed by atoms with Gasteiger partial charge in [-0.1, -0.05) is 17.7 Å². The molecule has 5 rings (SSSR count). The molecule has 4 aromatic rings. The molecule has 9 nitrogen and oxygen atoms in total. The topological polar surface area (TPSA) is 103 Å². The predicted molar refractivity (Wildman–Crippen MR) is 151 cm³/mol. The van der Waals surface area contributed by atoms with Gasteiger partial charge in [-0.15, -0.1) is 12.4 Å². The maximum atomic E-state index is 14.1. The Morgan fingerprint density at radius 2 is 1.95 bits per heavy atom. The van der Waals surface area contributed by atoms with Crippen molar-refractivity contribution in [3.8, 4) is 6.01 Å². The molecule has 0 spiro atoms. The fourth-order valence-corrected chi connectivity index (χ4v) is 5.04. The number of likely N-dealkylation sites (tertiary alicyclic amines) is 1. The summed E-state index contributed by atoms with van der Waals surface area (Å²) in [7, 11) is 1.64. The van der Waals surface area contributed by atoms with Crippen LogP contribution < -0.4 is 4.74 Å². The molecule has 0 radical (unpaired) electrons. The Labute approximate surface area is 242 Å². The second kappa shape index (κ2) is 13.4. The van der Waals surface area contributed by atoms with Gasteiger partial charge in [0, 0.05) is 36.4 Å². The zero-order valence-electron chi connectivity index (χ0n) is 21.9. The van der Waals surface area contributed by atoms with Crippen LogP contribution in [0.2, 0.25) is 5.02 Å². The molecular formula is C28H30Cl2FN5O4. The molecule has 1 saturated heterocycles. The zero-order chi connectivity index (χ0) is 27.4. The summed E-state index contributed by atoms with van der Waals surface area (Å²) < 4.78 is 27.1. The zero-order valence-corrected chi connectivity index (χ0v) is 23.5. The lowest BCUT2D eigenvalue weighted by molar-refractivity contribution is 0.0697. The number of aromatic carboxylic acids is 1. The monoisotopic (exact) mass is 589 g/mol. The van der Waals surface area contributed by atoms with Crippen molar-refractivity contribution in [3.63, 3.8) is 0 Å². The van der Waals surface area contributed by atoms with Crippen molar-refractivity contribution >= 4 is 41.0 Å². The lowest BCUT2D eigenvalue weighted by atomic mass is 9.93. The maximum absolute atomic E-state index is 14.1. The lowest BCUT2D eigenvalue weighted by Gasteiger charge is -2.31. The Bertz CT molecular complexity index is 1480. The van der Waals surface area contributed by atoms with Crippen LogP contribution in [0.25, 0.3) is 11.0 Å². The number of fused-ring (bicyclic) bond motifs is 1. The largest absolute Gasteiger partial charge is 0.478 e. The number of aromatic nitrogens is 4. The molecule has 2 aromatic carbocycles. The number of carbonyl (C=O) groups is 1. The number of piperidine rings is 1. The van der Waals surface area contributed by atoms with Crippen molar-refractivity contribution < 1.29 is 23.8 Å². The lowest BCUT2D eigenvalue weighted by Crippen LogP contribution is -2.33. The van der Waals surface area contributed by atoms with Crippen molar-refractivity contribution in [2.75, 3.05) is 26.8 Å².